The maximum Gasteiger partial charge on any atom is 0.162 e. The van der Waals surface area contributed by atoms with Crippen LogP contribution >= 0.6 is 0 Å². The fraction of sp³-hybridized carbons (Fsp3) is 1.00. The van der Waals surface area contributed by atoms with Gasteiger partial charge in [-0.3, -0.25) is 0 Å². The van der Waals surface area contributed by atoms with Crippen LogP contribution < -0.4 is 5.32 Å². The normalized spacial score (nSPS) is 24.4. The molecule has 1 fully saturated rings. The highest BCUT2D eigenvalue weighted by Crippen LogP contribution is 2.16. The molecule has 1 saturated heterocycles. The molecule has 0 amide bonds. The Morgan fingerprint density at radius 3 is 2.33 bits per heavy atom. The maximum absolute atomic E-state index is 5.57. The summed E-state index contributed by atoms with van der Waals surface area (Å²) in [5, 5.41) is 3.45. The zero-order valence-electron chi connectivity index (χ0n) is 10.5. The molecular formula is C11H24N2O2. The highest BCUT2D eigenvalue weighted by atomic mass is 16.7. The van der Waals surface area contributed by atoms with Gasteiger partial charge < -0.3 is 19.7 Å². The smallest absolute Gasteiger partial charge is 0.162 e. The van der Waals surface area contributed by atoms with Crippen LogP contribution in [0.4, 0.5) is 0 Å². The summed E-state index contributed by atoms with van der Waals surface area (Å²) in [5.41, 5.74) is 0. The molecule has 90 valence electrons. The quantitative estimate of drug-likeness (QED) is 0.749. The zero-order valence-corrected chi connectivity index (χ0v) is 10.5. The van der Waals surface area contributed by atoms with Crippen molar-refractivity contribution in [1.29, 1.82) is 0 Å². The molecule has 15 heavy (non-hydrogen) atoms. The van der Waals surface area contributed by atoms with E-state index in [1.807, 2.05) is 13.8 Å². The minimum absolute atomic E-state index is 0.320. The van der Waals surface area contributed by atoms with E-state index in [0.29, 0.717) is 12.1 Å². The van der Waals surface area contributed by atoms with Crippen molar-refractivity contribution in [2.45, 2.75) is 38.6 Å². The molecule has 0 spiro atoms. The number of hydrogen-bond donors (Lipinski definition) is 1. The van der Waals surface area contributed by atoms with Gasteiger partial charge in [0.2, 0.25) is 0 Å². The Balaban J connectivity index is 2.19. The van der Waals surface area contributed by atoms with Crippen molar-refractivity contribution < 1.29 is 9.47 Å². The van der Waals surface area contributed by atoms with Gasteiger partial charge in [0, 0.05) is 12.6 Å². The van der Waals surface area contributed by atoms with Crippen molar-refractivity contribution in [3.8, 4) is 0 Å². The van der Waals surface area contributed by atoms with Gasteiger partial charge in [-0.05, 0) is 34.9 Å². The van der Waals surface area contributed by atoms with Crippen molar-refractivity contribution in [2.75, 3.05) is 33.9 Å². The van der Waals surface area contributed by atoms with Crippen LogP contribution in [0.5, 0.6) is 0 Å². The highest BCUT2D eigenvalue weighted by molar-refractivity contribution is 4.75. The largest absolute Gasteiger partial charge is 0.349 e. The molecule has 1 aliphatic rings. The SMILES string of the molecule is CC(CNC1COC(C)(C)OC1)N(C)C. The second-order valence-corrected chi connectivity index (χ2v) is 4.94. The van der Waals surface area contributed by atoms with Crippen LogP contribution in [0.15, 0.2) is 0 Å². The molecule has 0 radical (unpaired) electrons. The standard InChI is InChI=1S/C11H24N2O2/c1-9(13(4)5)6-12-10-7-14-11(2,3)15-8-10/h9-10,12H,6-8H2,1-5H3. The van der Waals surface area contributed by atoms with Gasteiger partial charge in [0.05, 0.1) is 19.3 Å². The summed E-state index contributed by atoms with van der Waals surface area (Å²) in [7, 11) is 4.17. The Kier molecular flexibility index (Phi) is 4.52. The first-order valence-electron chi connectivity index (χ1n) is 5.58. The number of rotatable bonds is 4. The summed E-state index contributed by atoms with van der Waals surface area (Å²) >= 11 is 0. The van der Waals surface area contributed by atoms with Crippen LogP contribution in [0.1, 0.15) is 20.8 Å². The number of nitrogens with zero attached hydrogens (tertiary/aromatic N) is 1. The van der Waals surface area contributed by atoms with Crippen molar-refractivity contribution in [3.05, 3.63) is 0 Å². The third kappa shape index (κ3) is 4.47. The third-order valence-electron chi connectivity index (χ3n) is 2.85. The van der Waals surface area contributed by atoms with Crippen molar-refractivity contribution >= 4 is 0 Å². The molecule has 1 unspecified atom stereocenters. The first-order valence-corrected chi connectivity index (χ1v) is 5.58. The average Bonchev–Trinajstić information content (AvgIpc) is 2.15. The molecule has 0 aromatic carbocycles. The Morgan fingerprint density at radius 1 is 1.33 bits per heavy atom. The lowest BCUT2D eigenvalue weighted by molar-refractivity contribution is -0.253. The Labute approximate surface area is 92.9 Å². The molecule has 1 atom stereocenters. The lowest BCUT2D eigenvalue weighted by Gasteiger charge is -2.36. The van der Waals surface area contributed by atoms with Gasteiger partial charge >= 0.3 is 0 Å². The van der Waals surface area contributed by atoms with Gasteiger partial charge in [0.25, 0.3) is 0 Å². The van der Waals surface area contributed by atoms with E-state index in [1.54, 1.807) is 0 Å². The monoisotopic (exact) mass is 216 g/mol. The molecule has 4 nitrogen and oxygen atoms in total. The second kappa shape index (κ2) is 5.25. The van der Waals surface area contributed by atoms with Crippen molar-refractivity contribution in [1.82, 2.24) is 10.2 Å². The van der Waals surface area contributed by atoms with Crippen LogP contribution in [0.3, 0.4) is 0 Å². The van der Waals surface area contributed by atoms with Gasteiger partial charge in [-0.15, -0.1) is 0 Å². The Bertz CT molecular complexity index is 185. The van der Waals surface area contributed by atoms with E-state index < -0.39 is 5.79 Å². The lowest BCUT2D eigenvalue weighted by atomic mass is 10.2. The fourth-order valence-corrected chi connectivity index (χ4v) is 1.33. The van der Waals surface area contributed by atoms with Crippen LogP contribution in [0.2, 0.25) is 0 Å². The first kappa shape index (κ1) is 12.9. The average molecular weight is 216 g/mol. The number of ether oxygens (including phenoxy) is 2. The maximum atomic E-state index is 5.57. The molecule has 0 aliphatic carbocycles. The summed E-state index contributed by atoms with van der Waals surface area (Å²) < 4.78 is 11.1. The minimum Gasteiger partial charge on any atom is -0.349 e. The summed E-state index contributed by atoms with van der Waals surface area (Å²) in [6.45, 7) is 8.52. The molecule has 0 bridgehead atoms. The highest BCUT2D eigenvalue weighted by Gasteiger charge is 2.28. The van der Waals surface area contributed by atoms with E-state index >= 15 is 0 Å². The number of nitrogens with one attached hydrogen (secondary N) is 1. The first-order chi connectivity index (χ1) is 6.91. The van der Waals surface area contributed by atoms with Gasteiger partial charge in [0.15, 0.2) is 5.79 Å². The van der Waals surface area contributed by atoms with E-state index in [-0.39, 0.29) is 0 Å². The zero-order chi connectivity index (χ0) is 11.5. The molecule has 1 aliphatic heterocycles. The Morgan fingerprint density at radius 2 is 1.87 bits per heavy atom. The molecule has 1 rings (SSSR count). The molecular weight excluding hydrogens is 192 g/mol. The molecule has 0 saturated carbocycles. The van der Waals surface area contributed by atoms with Gasteiger partial charge in [0.1, 0.15) is 0 Å². The van der Waals surface area contributed by atoms with Crippen molar-refractivity contribution in [3.63, 3.8) is 0 Å². The van der Waals surface area contributed by atoms with E-state index in [9.17, 15) is 0 Å². The fourth-order valence-electron chi connectivity index (χ4n) is 1.33. The molecule has 1 heterocycles. The third-order valence-corrected chi connectivity index (χ3v) is 2.85. The summed E-state index contributed by atoms with van der Waals surface area (Å²) in [5.74, 6) is -0.411. The molecule has 0 aromatic heterocycles. The number of likely N-dealkylation sites (N-methyl/N-ethyl adjacent to an activating group) is 1. The minimum atomic E-state index is -0.411. The van der Waals surface area contributed by atoms with E-state index in [4.69, 9.17) is 9.47 Å². The van der Waals surface area contributed by atoms with Crippen LogP contribution in [0.25, 0.3) is 0 Å². The predicted molar refractivity (Wildman–Crippen MR) is 60.9 cm³/mol. The number of hydrogen-bond acceptors (Lipinski definition) is 4. The van der Waals surface area contributed by atoms with Crippen LogP contribution in [0, 0.1) is 0 Å². The van der Waals surface area contributed by atoms with Gasteiger partial charge in [-0.25, -0.2) is 0 Å². The summed E-state index contributed by atoms with van der Waals surface area (Å²) in [6.07, 6.45) is 0. The lowest BCUT2D eigenvalue weighted by Crippen LogP contribution is -2.51. The van der Waals surface area contributed by atoms with E-state index in [2.05, 4.69) is 31.2 Å². The van der Waals surface area contributed by atoms with Gasteiger partial charge in [-0.1, -0.05) is 0 Å². The van der Waals surface area contributed by atoms with E-state index in [0.717, 1.165) is 19.8 Å². The Hall–Kier alpha value is -0.160. The van der Waals surface area contributed by atoms with Crippen LogP contribution in [-0.4, -0.2) is 56.6 Å². The molecule has 1 N–H and O–H groups in total. The van der Waals surface area contributed by atoms with Crippen molar-refractivity contribution in [2.24, 2.45) is 0 Å². The summed E-state index contributed by atoms with van der Waals surface area (Å²) in [6, 6.07) is 0.848. The second-order valence-electron chi connectivity index (χ2n) is 4.94. The van der Waals surface area contributed by atoms with Crippen LogP contribution in [-0.2, 0) is 9.47 Å². The van der Waals surface area contributed by atoms with Gasteiger partial charge in [-0.2, -0.15) is 0 Å². The topological polar surface area (TPSA) is 33.7 Å². The predicted octanol–water partition coefficient (Wildman–Crippen LogP) is 0.678. The summed E-state index contributed by atoms with van der Waals surface area (Å²) in [4.78, 5) is 2.20. The molecule has 0 aromatic rings. The van der Waals surface area contributed by atoms with E-state index in [1.165, 1.54) is 0 Å². The molecule has 4 heteroatoms.